The van der Waals surface area contributed by atoms with Gasteiger partial charge in [-0.2, -0.15) is 0 Å². The predicted octanol–water partition coefficient (Wildman–Crippen LogP) is 2.41. The molecule has 0 saturated carbocycles. The Bertz CT molecular complexity index is 985. The first-order valence-corrected chi connectivity index (χ1v) is 7.43. The van der Waals surface area contributed by atoms with Crippen LogP contribution in [-0.4, -0.2) is 32.4 Å². The molecule has 0 bridgehead atoms. The lowest BCUT2D eigenvalue weighted by Gasteiger charge is -2.06. The third-order valence-corrected chi connectivity index (χ3v) is 3.87. The van der Waals surface area contributed by atoms with E-state index in [9.17, 15) is 4.79 Å². The van der Waals surface area contributed by atoms with Crippen LogP contribution in [0.1, 0.15) is 15.9 Å². The fourth-order valence-electron chi connectivity index (χ4n) is 2.64. The smallest absolute Gasteiger partial charge is 0.251 e. The Morgan fingerprint density at radius 3 is 2.43 bits per heavy atom. The van der Waals surface area contributed by atoms with Crippen molar-refractivity contribution < 1.29 is 4.79 Å². The zero-order chi connectivity index (χ0) is 15.6. The second kappa shape index (κ2) is 5.57. The predicted molar refractivity (Wildman–Crippen MR) is 88.2 cm³/mol. The number of nitrogens with one attached hydrogen (secondary N) is 3. The van der Waals surface area contributed by atoms with Crippen LogP contribution in [-0.2, 0) is 6.42 Å². The van der Waals surface area contributed by atoms with Gasteiger partial charge in [0.15, 0.2) is 0 Å². The average Bonchev–Trinajstić information content (AvgIpc) is 3.22. The van der Waals surface area contributed by atoms with E-state index >= 15 is 0 Å². The minimum absolute atomic E-state index is 0.0795. The topological polar surface area (TPSA) is 86.5 Å². The number of carbonyl (C=O) groups excluding carboxylic acids is 1. The molecule has 0 spiro atoms. The summed E-state index contributed by atoms with van der Waals surface area (Å²) >= 11 is 0. The van der Waals surface area contributed by atoms with E-state index in [1.807, 2.05) is 24.3 Å². The van der Waals surface area contributed by atoms with Crippen molar-refractivity contribution in [2.45, 2.75) is 6.42 Å². The van der Waals surface area contributed by atoms with Crippen molar-refractivity contribution in [3.63, 3.8) is 0 Å². The van der Waals surface area contributed by atoms with Crippen LogP contribution in [0, 0.1) is 0 Å². The van der Waals surface area contributed by atoms with E-state index in [1.165, 1.54) is 0 Å². The first-order valence-electron chi connectivity index (χ1n) is 7.43. The minimum atomic E-state index is -0.0795. The molecule has 0 atom stereocenters. The Hall–Kier alpha value is -3.15. The minimum Gasteiger partial charge on any atom is -0.352 e. The molecule has 2 aromatic heterocycles. The molecular formula is C17H15N5O. The van der Waals surface area contributed by atoms with Gasteiger partial charge in [0.05, 0.1) is 34.7 Å². The van der Waals surface area contributed by atoms with E-state index in [2.05, 4.69) is 31.3 Å². The number of hydrogen-bond acceptors (Lipinski definition) is 3. The molecule has 0 aliphatic carbocycles. The van der Waals surface area contributed by atoms with Crippen molar-refractivity contribution >= 4 is 28.0 Å². The maximum absolute atomic E-state index is 12.2. The zero-order valence-electron chi connectivity index (χ0n) is 12.3. The summed E-state index contributed by atoms with van der Waals surface area (Å²) < 4.78 is 0. The lowest BCUT2D eigenvalue weighted by molar-refractivity contribution is 0.0954. The average molecular weight is 305 g/mol. The number of hydrogen-bond donors (Lipinski definition) is 3. The molecule has 4 aromatic rings. The van der Waals surface area contributed by atoms with Crippen LogP contribution >= 0.6 is 0 Å². The largest absolute Gasteiger partial charge is 0.352 e. The molecule has 1 amide bonds. The van der Waals surface area contributed by atoms with E-state index in [0.29, 0.717) is 12.1 Å². The quantitative estimate of drug-likeness (QED) is 0.541. The Morgan fingerprint density at radius 2 is 1.65 bits per heavy atom. The van der Waals surface area contributed by atoms with E-state index in [1.54, 1.807) is 18.7 Å². The van der Waals surface area contributed by atoms with Gasteiger partial charge in [-0.1, -0.05) is 6.07 Å². The van der Waals surface area contributed by atoms with Gasteiger partial charge in [-0.05, 0) is 42.3 Å². The molecule has 6 nitrogen and oxygen atoms in total. The fraction of sp³-hybridized carbons (Fsp3) is 0.118. The Balaban J connectivity index is 1.40. The normalized spacial score (nSPS) is 11.1. The molecule has 0 aliphatic heterocycles. The molecule has 0 aliphatic rings. The fourth-order valence-corrected chi connectivity index (χ4v) is 2.64. The number of aromatic amines is 2. The number of carbonyl (C=O) groups is 1. The second-order valence-corrected chi connectivity index (χ2v) is 5.39. The highest BCUT2D eigenvalue weighted by Gasteiger charge is 2.07. The maximum atomic E-state index is 12.2. The molecule has 3 N–H and O–H groups in total. The molecule has 0 unspecified atom stereocenters. The molecule has 114 valence electrons. The van der Waals surface area contributed by atoms with Gasteiger partial charge in [0, 0.05) is 12.1 Å². The number of amides is 1. The van der Waals surface area contributed by atoms with Crippen LogP contribution in [0.15, 0.2) is 49.1 Å². The number of benzene rings is 2. The van der Waals surface area contributed by atoms with E-state index in [4.69, 9.17) is 0 Å². The molecule has 2 aromatic carbocycles. The van der Waals surface area contributed by atoms with E-state index in [0.717, 1.165) is 34.1 Å². The number of rotatable bonds is 4. The van der Waals surface area contributed by atoms with Crippen LogP contribution in [0.2, 0.25) is 0 Å². The van der Waals surface area contributed by atoms with Gasteiger partial charge in [-0.15, -0.1) is 0 Å². The first kappa shape index (κ1) is 13.5. The Labute approximate surface area is 132 Å². The second-order valence-electron chi connectivity index (χ2n) is 5.39. The molecular weight excluding hydrogens is 290 g/mol. The number of nitrogens with zero attached hydrogens (tertiary/aromatic N) is 2. The summed E-state index contributed by atoms with van der Waals surface area (Å²) in [6.07, 6.45) is 4.08. The highest BCUT2D eigenvalue weighted by atomic mass is 16.1. The summed E-state index contributed by atoms with van der Waals surface area (Å²) in [5, 5.41) is 2.95. The lowest BCUT2D eigenvalue weighted by Crippen LogP contribution is -2.25. The number of fused-ring (bicyclic) bond motifs is 2. The molecule has 23 heavy (non-hydrogen) atoms. The van der Waals surface area contributed by atoms with Crippen molar-refractivity contribution in [1.82, 2.24) is 25.3 Å². The van der Waals surface area contributed by atoms with Crippen LogP contribution in [0.5, 0.6) is 0 Å². The first-order chi connectivity index (χ1) is 11.3. The molecule has 0 saturated heterocycles. The summed E-state index contributed by atoms with van der Waals surface area (Å²) in [5.74, 6) is -0.0795. The van der Waals surface area contributed by atoms with Crippen LogP contribution < -0.4 is 5.32 Å². The van der Waals surface area contributed by atoms with Crippen molar-refractivity contribution in [1.29, 1.82) is 0 Å². The molecule has 6 heteroatoms. The standard InChI is InChI=1S/C17H15N5O/c23-17(12-2-4-14-16(8-12)22-10-20-14)18-6-5-11-1-3-13-15(7-11)21-9-19-13/h1-4,7-10H,5-6H2,(H,18,23)(H,19,21)(H,20,22). The Kier molecular flexibility index (Phi) is 3.27. The number of H-pyrrole nitrogens is 2. The van der Waals surface area contributed by atoms with Gasteiger partial charge in [-0.3, -0.25) is 4.79 Å². The summed E-state index contributed by atoms with van der Waals surface area (Å²) in [5.41, 5.74) is 5.47. The van der Waals surface area contributed by atoms with Gasteiger partial charge < -0.3 is 15.3 Å². The monoisotopic (exact) mass is 305 g/mol. The number of imidazole rings is 2. The summed E-state index contributed by atoms with van der Waals surface area (Å²) in [6.45, 7) is 0.583. The number of aromatic nitrogens is 4. The van der Waals surface area contributed by atoms with Gasteiger partial charge in [0.2, 0.25) is 0 Å². The van der Waals surface area contributed by atoms with E-state index < -0.39 is 0 Å². The van der Waals surface area contributed by atoms with Crippen LogP contribution in [0.25, 0.3) is 22.1 Å². The lowest BCUT2D eigenvalue weighted by atomic mass is 10.1. The van der Waals surface area contributed by atoms with Crippen molar-refractivity contribution in [3.05, 3.63) is 60.2 Å². The van der Waals surface area contributed by atoms with Gasteiger partial charge in [0.25, 0.3) is 5.91 Å². The molecule has 4 rings (SSSR count). The highest BCUT2D eigenvalue weighted by molar-refractivity contribution is 5.97. The summed E-state index contributed by atoms with van der Waals surface area (Å²) in [7, 11) is 0. The Morgan fingerprint density at radius 1 is 0.957 bits per heavy atom. The van der Waals surface area contributed by atoms with Gasteiger partial charge in [0.1, 0.15) is 0 Å². The SMILES string of the molecule is O=C(NCCc1ccc2nc[nH]c2c1)c1ccc2nc[nH]c2c1. The van der Waals surface area contributed by atoms with Gasteiger partial charge in [-0.25, -0.2) is 9.97 Å². The molecule has 0 fully saturated rings. The maximum Gasteiger partial charge on any atom is 0.251 e. The van der Waals surface area contributed by atoms with E-state index in [-0.39, 0.29) is 5.91 Å². The van der Waals surface area contributed by atoms with Gasteiger partial charge >= 0.3 is 0 Å². The molecule has 2 heterocycles. The zero-order valence-corrected chi connectivity index (χ0v) is 12.3. The van der Waals surface area contributed by atoms with Crippen LogP contribution in [0.3, 0.4) is 0 Å². The van der Waals surface area contributed by atoms with Crippen LogP contribution in [0.4, 0.5) is 0 Å². The summed E-state index contributed by atoms with van der Waals surface area (Å²) in [6, 6.07) is 11.5. The third-order valence-electron chi connectivity index (χ3n) is 3.87. The summed E-state index contributed by atoms with van der Waals surface area (Å²) in [4.78, 5) is 26.7. The van der Waals surface area contributed by atoms with Crippen molar-refractivity contribution in [2.75, 3.05) is 6.54 Å². The highest BCUT2D eigenvalue weighted by Crippen LogP contribution is 2.13. The third kappa shape index (κ3) is 2.66. The van der Waals surface area contributed by atoms with Crippen molar-refractivity contribution in [3.8, 4) is 0 Å². The molecule has 0 radical (unpaired) electrons. The van der Waals surface area contributed by atoms with Crippen molar-refractivity contribution in [2.24, 2.45) is 0 Å².